The van der Waals surface area contributed by atoms with Gasteiger partial charge in [0.05, 0.1) is 17.1 Å². The lowest BCUT2D eigenvalue weighted by Gasteiger charge is -2.17. The number of aromatic carboxylic acids is 1. The second-order valence-corrected chi connectivity index (χ2v) is 6.74. The lowest BCUT2D eigenvalue weighted by molar-refractivity contribution is 0.0687. The van der Waals surface area contributed by atoms with Gasteiger partial charge in [-0.1, -0.05) is 6.07 Å². The summed E-state index contributed by atoms with van der Waals surface area (Å²) >= 11 is 0. The first-order valence-corrected chi connectivity index (χ1v) is 7.50. The fraction of sp³-hybridized carbons (Fsp3) is 0.417. The number of ether oxygens (including phenoxy) is 1. The Balaban J connectivity index is 2.24. The molecule has 104 valence electrons. The van der Waals surface area contributed by atoms with Crippen molar-refractivity contribution < 1.29 is 28.2 Å². The van der Waals surface area contributed by atoms with Crippen molar-refractivity contribution >= 4 is 15.8 Å². The molecular formula is C12H14O6S. The minimum atomic E-state index is -3.30. The Bertz CT molecular complexity index is 607. The van der Waals surface area contributed by atoms with Gasteiger partial charge in [-0.2, -0.15) is 0 Å². The highest BCUT2D eigenvalue weighted by atomic mass is 32.2. The van der Waals surface area contributed by atoms with Crippen LogP contribution in [0.4, 0.5) is 0 Å². The van der Waals surface area contributed by atoms with Gasteiger partial charge in [0, 0.05) is 0 Å². The molecule has 0 aliphatic carbocycles. The fourth-order valence-electron chi connectivity index (χ4n) is 1.93. The minimum absolute atomic E-state index is 0.0518. The summed E-state index contributed by atoms with van der Waals surface area (Å²) in [6, 6.07) is 4.34. The molecule has 2 atom stereocenters. The van der Waals surface area contributed by atoms with E-state index in [0.717, 1.165) is 0 Å². The molecule has 1 aromatic carbocycles. The van der Waals surface area contributed by atoms with Crippen LogP contribution in [-0.4, -0.2) is 48.3 Å². The first kappa shape index (κ1) is 13.8. The largest absolute Gasteiger partial charge is 0.486 e. The molecule has 1 aromatic rings. The quantitative estimate of drug-likeness (QED) is 0.825. The molecule has 19 heavy (non-hydrogen) atoms. The normalized spacial score (nSPS) is 25.2. The summed E-state index contributed by atoms with van der Waals surface area (Å²) < 4.78 is 28.2. The summed E-state index contributed by atoms with van der Waals surface area (Å²) in [6.07, 6.45) is -1.94. The van der Waals surface area contributed by atoms with Gasteiger partial charge >= 0.3 is 5.97 Å². The summed E-state index contributed by atoms with van der Waals surface area (Å²) in [5.41, 5.74) is 0.734. The van der Waals surface area contributed by atoms with Crippen LogP contribution in [0.25, 0.3) is 0 Å². The summed E-state index contributed by atoms with van der Waals surface area (Å²) in [4.78, 5) is 10.9. The highest BCUT2D eigenvalue weighted by Gasteiger charge is 2.38. The van der Waals surface area contributed by atoms with Crippen LogP contribution in [-0.2, 0) is 9.84 Å². The maximum atomic E-state index is 11.4. The van der Waals surface area contributed by atoms with Crippen LogP contribution in [0.1, 0.15) is 15.9 Å². The standard InChI is InChI=1S/C12H14O6S/c1-7-2-3-8(12(14)15)4-10(7)18-11-6-19(16,17)5-9(11)13/h2-4,9,11,13H,5-6H2,1H3,(H,14,15). The van der Waals surface area contributed by atoms with Crippen molar-refractivity contribution in [2.75, 3.05) is 11.5 Å². The highest BCUT2D eigenvalue weighted by molar-refractivity contribution is 7.91. The number of carboxylic acids is 1. The smallest absolute Gasteiger partial charge is 0.335 e. The highest BCUT2D eigenvalue weighted by Crippen LogP contribution is 2.24. The Kier molecular flexibility index (Phi) is 3.51. The number of aryl methyl sites for hydroxylation is 1. The van der Waals surface area contributed by atoms with Gasteiger partial charge in [-0.25, -0.2) is 13.2 Å². The molecule has 1 saturated heterocycles. The summed E-state index contributed by atoms with van der Waals surface area (Å²) in [5.74, 6) is -1.40. The van der Waals surface area contributed by atoms with Gasteiger partial charge in [0.15, 0.2) is 9.84 Å². The van der Waals surface area contributed by atoms with Gasteiger partial charge in [-0.3, -0.25) is 0 Å². The van der Waals surface area contributed by atoms with Crippen LogP contribution in [0.3, 0.4) is 0 Å². The third-order valence-corrected chi connectivity index (χ3v) is 4.67. The number of rotatable bonds is 3. The minimum Gasteiger partial charge on any atom is -0.486 e. The van der Waals surface area contributed by atoms with E-state index in [9.17, 15) is 18.3 Å². The van der Waals surface area contributed by atoms with Gasteiger partial charge in [0.25, 0.3) is 0 Å². The molecule has 7 heteroatoms. The molecule has 1 heterocycles. The number of hydrogen-bond acceptors (Lipinski definition) is 5. The third-order valence-electron chi connectivity index (χ3n) is 2.99. The Morgan fingerprint density at radius 3 is 2.58 bits per heavy atom. The van der Waals surface area contributed by atoms with Gasteiger partial charge in [-0.05, 0) is 24.6 Å². The van der Waals surface area contributed by atoms with Crippen molar-refractivity contribution in [3.05, 3.63) is 29.3 Å². The zero-order valence-electron chi connectivity index (χ0n) is 10.2. The monoisotopic (exact) mass is 286 g/mol. The van der Waals surface area contributed by atoms with Crippen LogP contribution in [0.2, 0.25) is 0 Å². The number of sulfone groups is 1. The van der Waals surface area contributed by atoms with Crippen molar-refractivity contribution in [1.82, 2.24) is 0 Å². The molecule has 1 aliphatic heterocycles. The summed E-state index contributed by atoms with van der Waals surface area (Å²) in [5, 5.41) is 18.5. The first-order valence-electron chi connectivity index (χ1n) is 5.67. The molecule has 1 fully saturated rings. The van der Waals surface area contributed by atoms with E-state index >= 15 is 0 Å². The maximum absolute atomic E-state index is 11.4. The average Bonchev–Trinajstić information content (AvgIpc) is 2.54. The Labute approximate surface area is 110 Å². The van der Waals surface area contributed by atoms with Gasteiger partial charge < -0.3 is 14.9 Å². The van der Waals surface area contributed by atoms with Crippen molar-refractivity contribution in [3.63, 3.8) is 0 Å². The number of hydrogen-bond donors (Lipinski definition) is 2. The Morgan fingerprint density at radius 2 is 2.05 bits per heavy atom. The maximum Gasteiger partial charge on any atom is 0.335 e. The Morgan fingerprint density at radius 1 is 1.37 bits per heavy atom. The van der Waals surface area contributed by atoms with E-state index in [2.05, 4.69) is 0 Å². The number of carboxylic acid groups (broad SMARTS) is 1. The van der Waals surface area contributed by atoms with Gasteiger partial charge in [-0.15, -0.1) is 0 Å². The molecule has 0 saturated carbocycles. The molecule has 6 nitrogen and oxygen atoms in total. The van der Waals surface area contributed by atoms with Crippen LogP contribution in [0.5, 0.6) is 5.75 Å². The topological polar surface area (TPSA) is 101 Å². The molecule has 0 radical (unpaired) electrons. The average molecular weight is 286 g/mol. The lowest BCUT2D eigenvalue weighted by atomic mass is 10.1. The molecule has 0 amide bonds. The second kappa shape index (κ2) is 4.82. The van der Waals surface area contributed by atoms with E-state index in [1.54, 1.807) is 13.0 Å². The molecule has 2 rings (SSSR count). The Hall–Kier alpha value is -1.60. The van der Waals surface area contributed by atoms with Crippen LogP contribution >= 0.6 is 0 Å². The van der Waals surface area contributed by atoms with Crippen LogP contribution < -0.4 is 4.74 Å². The van der Waals surface area contributed by atoms with E-state index in [0.29, 0.717) is 5.56 Å². The summed E-state index contributed by atoms with van der Waals surface area (Å²) in [7, 11) is -3.30. The first-order chi connectivity index (χ1) is 8.78. The van der Waals surface area contributed by atoms with Gasteiger partial charge in [0.2, 0.25) is 0 Å². The zero-order chi connectivity index (χ0) is 14.2. The molecular weight excluding hydrogens is 272 g/mol. The lowest BCUT2D eigenvalue weighted by Crippen LogP contribution is -2.30. The van der Waals surface area contributed by atoms with E-state index in [-0.39, 0.29) is 22.8 Å². The molecule has 1 aliphatic rings. The second-order valence-electron chi connectivity index (χ2n) is 4.59. The van der Waals surface area contributed by atoms with Crippen molar-refractivity contribution in [1.29, 1.82) is 0 Å². The van der Waals surface area contributed by atoms with E-state index in [1.807, 2.05) is 0 Å². The molecule has 0 bridgehead atoms. The number of aliphatic hydroxyl groups is 1. The van der Waals surface area contributed by atoms with Crippen LogP contribution in [0, 0.1) is 6.92 Å². The molecule has 2 unspecified atom stereocenters. The SMILES string of the molecule is Cc1ccc(C(=O)O)cc1OC1CS(=O)(=O)CC1O. The van der Waals surface area contributed by atoms with E-state index < -0.39 is 28.0 Å². The van der Waals surface area contributed by atoms with Crippen molar-refractivity contribution in [2.45, 2.75) is 19.1 Å². The molecule has 0 aromatic heterocycles. The van der Waals surface area contributed by atoms with E-state index in [4.69, 9.17) is 9.84 Å². The number of benzene rings is 1. The fourth-order valence-corrected chi connectivity index (χ4v) is 3.59. The van der Waals surface area contributed by atoms with Gasteiger partial charge in [0.1, 0.15) is 18.0 Å². The third kappa shape index (κ3) is 3.05. The van der Waals surface area contributed by atoms with Crippen LogP contribution in [0.15, 0.2) is 18.2 Å². The summed E-state index contributed by atoms with van der Waals surface area (Å²) in [6.45, 7) is 1.72. The van der Waals surface area contributed by atoms with Crippen molar-refractivity contribution in [3.8, 4) is 5.75 Å². The predicted molar refractivity (Wildman–Crippen MR) is 67.2 cm³/mol. The predicted octanol–water partition coefficient (Wildman–Crippen LogP) is 0.230. The number of carbonyl (C=O) groups is 1. The van der Waals surface area contributed by atoms with E-state index in [1.165, 1.54) is 12.1 Å². The zero-order valence-corrected chi connectivity index (χ0v) is 11.1. The van der Waals surface area contributed by atoms with Crippen molar-refractivity contribution in [2.24, 2.45) is 0 Å². The molecule has 0 spiro atoms. The number of aliphatic hydroxyl groups excluding tert-OH is 1. The molecule has 2 N–H and O–H groups in total.